The van der Waals surface area contributed by atoms with E-state index >= 15 is 0 Å². The second-order valence-corrected chi connectivity index (χ2v) is 6.16. The molecule has 0 aliphatic rings. The van der Waals surface area contributed by atoms with Gasteiger partial charge in [0.2, 0.25) is 0 Å². The predicted molar refractivity (Wildman–Crippen MR) is 112 cm³/mol. The number of guanidine groups is 1. The van der Waals surface area contributed by atoms with Gasteiger partial charge in [-0.1, -0.05) is 12.1 Å². The van der Waals surface area contributed by atoms with Crippen LogP contribution in [0.4, 0.5) is 13.2 Å². The number of ether oxygens (including phenoxy) is 2. The van der Waals surface area contributed by atoms with Crippen LogP contribution in [0.1, 0.15) is 31.4 Å². The van der Waals surface area contributed by atoms with Crippen molar-refractivity contribution in [1.29, 1.82) is 0 Å². The zero-order chi connectivity index (χ0) is 20.4. The summed E-state index contributed by atoms with van der Waals surface area (Å²) in [6.07, 6.45) is -4.41. The highest BCUT2D eigenvalue weighted by molar-refractivity contribution is 14.0. The number of nitrogens with zero attached hydrogens (tertiary/aromatic N) is 1. The Hall–Kier alpha value is -1.72. The summed E-state index contributed by atoms with van der Waals surface area (Å²) in [5, 5.41) is 5.93. The molecule has 0 atom stereocenters. The van der Waals surface area contributed by atoms with Gasteiger partial charge in [-0.3, -0.25) is 9.79 Å². The summed E-state index contributed by atoms with van der Waals surface area (Å²) in [4.78, 5) is 15.5. The van der Waals surface area contributed by atoms with Crippen molar-refractivity contribution in [1.82, 2.24) is 10.6 Å². The summed E-state index contributed by atoms with van der Waals surface area (Å²) >= 11 is 0. The third-order valence-corrected chi connectivity index (χ3v) is 3.27. The molecule has 0 aliphatic carbocycles. The van der Waals surface area contributed by atoms with E-state index in [2.05, 4.69) is 15.6 Å². The van der Waals surface area contributed by atoms with Gasteiger partial charge in [-0.2, -0.15) is 13.2 Å². The Balaban J connectivity index is 0.00000729. The van der Waals surface area contributed by atoms with Gasteiger partial charge >= 0.3 is 12.1 Å². The molecule has 0 radical (unpaired) electrons. The van der Waals surface area contributed by atoms with Crippen molar-refractivity contribution in [2.45, 2.75) is 46.0 Å². The van der Waals surface area contributed by atoms with Gasteiger partial charge in [-0.15, -0.1) is 24.0 Å². The number of aryl methyl sites for hydroxylation is 1. The Morgan fingerprint density at radius 2 is 1.93 bits per heavy atom. The lowest BCUT2D eigenvalue weighted by Gasteiger charge is -2.16. The Morgan fingerprint density at radius 3 is 2.50 bits per heavy atom. The van der Waals surface area contributed by atoms with Crippen LogP contribution in [0.5, 0.6) is 5.75 Å². The van der Waals surface area contributed by atoms with Crippen molar-refractivity contribution in [3.8, 4) is 5.75 Å². The molecule has 6 nitrogen and oxygen atoms in total. The van der Waals surface area contributed by atoms with E-state index in [0.29, 0.717) is 18.1 Å². The van der Waals surface area contributed by atoms with E-state index in [9.17, 15) is 18.0 Å². The summed E-state index contributed by atoms with van der Waals surface area (Å²) in [6.45, 7) is 4.49. The summed E-state index contributed by atoms with van der Waals surface area (Å²) in [6, 6.07) is 5.04. The number of nitrogens with one attached hydrogen (secondary N) is 2. The van der Waals surface area contributed by atoms with Crippen molar-refractivity contribution < 1.29 is 27.4 Å². The van der Waals surface area contributed by atoms with Crippen molar-refractivity contribution in [3.63, 3.8) is 0 Å². The fourth-order valence-corrected chi connectivity index (χ4v) is 2.11. The van der Waals surface area contributed by atoms with Crippen LogP contribution in [0.15, 0.2) is 23.2 Å². The molecule has 0 spiro atoms. The molecule has 0 saturated heterocycles. The fraction of sp³-hybridized carbons (Fsp3) is 0.556. The molecule has 0 unspecified atom stereocenters. The Labute approximate surface area is 180 Å². The van der Waals surface area contributed by atoms with Gasteiger partial charge in [-0.05, 0) is 32.4 Å². The first kappa shape index (κ1) is 26.3. The molecule has 0 amide bonds. The van der Waals surface area contributed by atoms with E-state index in [1.165, 1.54) is 0 Å². The number of hydrogen-bond donors (Lipinski definition) is 2. The van der Waals surface area contributed by atoms with Crippen molar-refractivity contribution in [3.05, 3.63) is 29.3 Å². The number of hydrogen-bond acceptors (Lipinski definition) is 4. The van der Waals surface area contributed by atoms with Crippen molar-refractivity contribution in [2.75, 3.05) is 20.2 Å². The topological polar surface area (TPSA) is 72.0 Å². The lowest BCUT2D eigenvalue weighted by atomic mass is 10.1. The van der Waals surface area contributed by atoms with Gasteiger partial charge in [0.1, 0.15) is 5.75 Å². The lowest BCUT2D eigenvalue weighted by molar-refractivity contribution is -0.153. The van der Waals surface area contributed by atoms with E-state index in [1.54, 1.807) is 46.0 Å². The van der Waals surface area contributed by atoms with Gasteiger partial charge in [0.25, 0.3) is 0 Å². The second kappa shape index (κ2) is 12.7. The number of alkyl halides is 3. The number of benzene rings is 1. The van der Waals surface area contributed by atoms with E-state index < -0.39 is 12.8 Å². The van der Waals surface area contributed by atoms with Gasteiger partial charge in [0.15, 0.2) is 12.6 Å². The molecule has 10 heteroatoms. The quantitative estimate of drug-likeness (QED) is 0.239. The highest BCUT2D eigenvalue weighted by atomic mass is 127. The van der Waals surface area contributed by atoms with Gasteiger partial charge < -0.3 is 20.1 Å². The van der Waals surface area contributed by atoms with E-state index in [-0.39, 0.29) is 54.8 Å². The maximum Gasteiger partial charge on any atom is 0.422 e. The summed E-state index contributed by atoms with van der Waals surface area (Å²) in [7, 11) is 1.55. The molecule has 1 aromatic carbocycles. The first-order valence-corrected chi connectivity index (χ1v) is 8.54. The van der Waals surface area contributed by atoms with Crippen LogP contribution in [0.2, 0.25) is 0 Å². The summed E-state index contributed by atoms with van der Waals surface area (Å²) in [5.41, 5.74) is 1.36. The third-order valence-electron chi connectivity index (χ3n) is 3.27. The first-order valence-electron chi connectivity index (χ1n) is 8.54. The molecule has 1 aromatic rings. The number of halogens is 4. The van der Waals surface area contributed by atoms with Crippen LogP contribution in [-0.4, -0.2) is 44.4 Å². The van der Waals surface area contributed by atoms with Crippen molar-refractivity contribution >= 4 is 35.9 Å². The van der Waals surface area contributed by atoms with Crippen LogP contribution in [0.25, 0.3) is 0 Å². The molecule has 0 aromatic heterocycles. The number of carbonyl (C=O) groups excluding carboxylic acids is 1. The standard InChI is InChI=1S/C18H26F3N3O3.HI/c1-12(2)27-16(25)7-8-23-17(22-4)24-10-14-6-5-13(3)9-15(14)26-11-18(19,20)21;/h5-6,9,12H,7-8,10-11H2,1-4H3,(H2,22,23,24);1H. The highest BCUT2D eigenvalue weighted by Gasteiger charge is 2.28. The van der Waals surface area contributed by atoms with E-state index in [0.717, 1.165) is 5.56 Å². The van der Waals surface area contributed by atoms with E-state index in [1.807, 2.05) is 0 Å². The first-order chi connectivity index (χ1) is 12.6. The molecule has 160 valence electrons. The third kappa shape index (κ3) is 11.2. The molecule has 1 rings (SSSR count). The van der Waals surface area contributed by atoms with Crippen LogP contribution < -0.4 is 15.4 Å². The van der Waals surface area contributed by atoms with E-state index in [4.69, 9.17) is 9.47 Å². The average molecular weight is 517 g/mol. The molecular weight excluding hydrogens is 490 g/mol. The Morgan fingerprint density at radius 1 is 1.25 bits per heavy atom. The van der Waals surface area contributed by atoms with Gasteiger partial charge in [0.05, 0.1) is 12.5 Å². The van der Waals surface area contributed by atoms with Gasteiger partial charge in [0, 0.05) is 25.7 Å². The van der Waals surface area contributed by atoms with Crippen LogP contribution in [-0.2, 0) is 16.1 Å². The summed E-state index contributed by atoms with van der Waals surface area (Å²) in [5.74, 6) is 0.250. The second-order valence-electron chi connectivity index (χ2n) is 6.16. The van der Waals surface area contributed by atoms with Crippen LogP contribution >= 0.6 is 24.0 Å². The van der Waals surface area contributed by atoms with Crippen LogP contribution in [0, 0.1) is 6.92 Å². The Bertz CT molecular complexity index is 653. The van der Waals surface area contributed by atoms with Gasteiger partial charge in [-0.25, -0.2) is 0 Å². The Kier molecular flexibility index (Phi) is 11.9. The molecule has 2 N–H and O–H groups in total. The zero-order valence-corrected chi connectivity index (χ0v) is 18.7. The molecular formula is C18H27F3IN3O3. The lowest BCUT2D eigenvalue weighted by Crippen LogP contribution is -2.38. The highest BCUT2D eigenvalue weighted by Crippen LogP contribution is 2.23. The minimum atomic E-state index is -4.41. The SMILES string of the molecule is CN=C(NCCC(=O)OC(C)C)NCc1ccc(C)cc1OCC(F)(F)F.I. The number of aliphatic imine (C=N–C) groups is 1. The molecule has 28 heavy (non-hydrogen) atoms. The fourth-order valence-electron chi connectivity index (χ4n) is 2.11. The monoisotopic (exact) mass is 517 g/mol. The molecule has 0 fully saturated rings. The molecule has 0 bridgehead atoms. The minimum Gasteiger partial charge on any atom is -0.484 e. The van der Waals surface area contributed by atoms with Crippen LogP contribution in [0.3, 0.4) is 0 Å². The van der Waals surface area contributed by atoms with Crippen molar-refractivity contribution in [2.24, 2.45) is 4.99 Å². The molecule has 0 saturated carbocycles. The maximum absolute atomic E-state index is 12.4. The largest absolute Gasteiger partial charge is 0.484 e. The zero-order valence-electron chi connectivity index (χ0n) is 16.4. The number of esters is 1. The summed E-state index contributed by atoms with van der Waals surface area (Å²) < 4.78 is 47.2. The minimum absolute atomic E-state index is 0. The normalized spacial score (nSPS) is 11.6. The average Bonchev–Trinajstić information content (AvgIpc) is 2.55. The predicted octanol–water partition coefficient (Wildman–Crippen LogP) is 3.56. The number of rotatable bonds is 8. The maximum atomic E-state index is 12.4. The number of carbonyl (C=O) groups is 1. The molecule has 0 aliphatic heterocycles. The smallest absolute Gasteiger partial charge is 0.422 e. The molecule has 0 heterocycles.